The second kappa shape index (κ2) is 6.54. The van der Waals surface area contributed by atoms with Crippen LogP contribution in [0.2, 0.25) is 0 Å². The zero-order chi connectivity index (χ0) is 18.9. The molecule has 0 saturated heterocycles. The molecule has 2 aromatic rings. The summed E-state index contributed by atoms with van der Waals surface area (Å²) in [6.45, 7) is 1.76. The van der Waals surface area contributed by atoms with Gasteiger partial charge in [0.25, 0.3) is 5.69 Å². The van der Waals surface area contributed by atoms with Gasteiger partial charge in [0.2, 0.25) is 6.79 Å². The molecular formula is C16H12F3N3O4. The molecule has 0 bridgehead atoms. The molecule has 136 valence electrons. The fourth-order valence-corrected chi connectivity index (χ4v) is 2.28. The summed E-state index contributed by atoms with van der Waals surface area (Å²) >= 11 is 0. The van der Waals surface area contributed by atoms with Gasteiger partial charge in [0.1, 0.15) is 5.69 Å². The fraction of sp³-hybridized carbons (Fsp3) is 0.188. The standard InChI is InChI=1S/C16H12F3N3O4/c1-9(10-2-5-14-15(6-10)26-8-25-14)20-21-12-4-3-11(16(17,18)19)7-13(12)22(23)24/h2-7,21H,8H2,1H3/b20-9+. The number of nitro benzene ring substituents is 1. The fourth-order valence-electron chi connectivity index (χ4n) is 2.28. The molecule has 26 heavy (non-hydrogen) atoms. The minimum absolute atomic E-state index is 0.116. The highest BCUT2D eigenvalue weighted by atomic mass is 19.4. The number of benzene rings is 2. The van der Waals surface area contributed by atoms with Crippen LogP contribution in [0.1, 0.15) is 18.1 Å². The summed E-state index contributed by atoms with van der Waals surface area (Å²) in [5.74, 6) is 1.13. The van der Waals surface area contributed by atoms with Crippen molar-refractivity contribution in [3.63, 3.8) is 0 Å². The Kier molecular flexibility index (Phi) is 4.41. The molecule has 7 nitrogen and oxygen atoms in total. The molecule has 1 aliphatic heterocycles. The Morgan fingerprint density at radius 3 is 2.62 bits per heavy atom. The molecule has 0 amide bonds. The third-order valence-electron chi connectivity index (χ3n) is 3.66. The first-order valence-electron chi connectivity index (χ1n) is 7.31. The summed E-state index contributed by atoms with van der Waals surface area (Å²) < 4.78 is 48.6. The van der Waals surface area contributed by atoms with Gasteiger partial charge in [-0.05, 0) is 37.3 Å². The number of hydrazone groups is 1. The lowest BCUT2D eigenvalue weighted by Crippen LogP contribution is -2.07. The van der Waals surface area contributed by atoms with Gasteiger partial charge in [-0.15, -0.1) is 0 Å². The molecule has 3 rings (SSSR count). The Hall–Kier alpha value is -3.30. The number of alkyl halides is 3. The van der Waals surface area contributed by atoms with Crippen LogP contribution in [0.5, 0.6) is 11.5 Å². The van der Waals surface area contributed by atoms with Crippen molar-refractivity contribution in [1.82, 2.24) is 0 Å². The quantitative estimate of drug-likeness (QED) is 0.498. The van der Waals surface area contributed by atoms with Crippen LogP contribution >= 0.6 is 0 Å². The summed E-state index contributed by atoms with van der Waals surface area (Å²) in [6.07, 6.45) is -4.67. The number of nitrogens with one attached hydrogen (secondary N) is 1. The predicted octanol–water partition coefficient (Wildman–Crippen LogP) is 4.18. The van der Waals surface area contributed by atoms with Gasteiger partial charge < -0.3 is 9.47 Å². The molecule has 1 aliphatic rings. The number of nitro groups is 1. The number of nitrogens with zero attached hydrogens (tertiary/aromatic N) is 2. The van der Waals surface area contributed by atoms with Crippen molar-refractivity contribution in [2.45, 2.75) is 13.1 Å². The molecule has 0 radical (unpaired) electrons. The molecule has 10 heteroatoms. The Labute approximate surface area is 145 Å². The van der Waals surface area contributed by atoms with E-state index in [4.69, 9.17) is 9.47 Å². The van der Waals surface area contributed by atoms with Crippen LogP contribution in [-0.2, 0) is 6.18 Å². The lowest BCUT2D eigenvalue weighted by atomic mass is 10.1. The van der Waals surface area contributed by atoms with Gasteiger partial charge in [-0.1, -0.05) is 0 Å². The molecule has 2 aromatic carbocycles. The van der Waals surface area contributed by atoms with Crippen LogP contribution in [0.15, 0.2) is 41.5 Å². The van der Waals surface area contributed by atoms with Crippen molar-refractivity contribution < 1.29 is 27.6 Å². The van der Waals surface area contributed by atoms with Crippen molar-refractivity contribution in [1.29, 1.82) is 0 Å². The average molecular weight is 367 g/mol. The Balaban J connectivity index is 1.86. The van der Waals surface area contributed by atoms with Gasteiger partial charge in [0, 0.05) is 11.6 Å². The van der Waals surface area contributed by atoms with Crippen molar-refractivity contribution in [2.75, 3.05) is 12.2 Å². The third kappa shape index (κ3) is 3.53. The van der Waals surface area contributed by atoms with Crippen molar-refractivity contribution >= 4 is 17.1 Å². The predicted molar refractivity (Wildman–Crippen MR) is 86.5 cm³/mol. The topological polar surface area (TPSA) is 86.0 Å². The maximum atomic E-state index is 12.7. The first-order valence-corrected chi connectivity index (χ1v) is 7.31. The normalized spacial score (nSPS) is 13.6. The van der Waals surface area contributed by atoms with Gasteiger partial charge in [0.15, 0.2) is 11.5 Å². The van der Waals surface area contributed by atoms with E-state index in [2.05, 4.69) is 10.5 Å². The summed E-state index contributed by atoms with van der Waals surface area (Å²) in [6, 6.07) is 7.28. The number of fused-ring (bicyclic) bond motifs is 1. The third-order valence-corrected chi connectivity index (χ3v) is 3.66. The van der Waals surface area contributed by atoms with E-state index in [0.29, 0.717) is 28.8 Å². The molecule has 0 atom stereocenters. The van der Waals surface area contributed by atoms with Crippen molar-refractivity contribution in [3.8, 4) is 11.5 Å². The second-order valence-corrected chi connectivity index (χ2v) is 5.36. The lowest BCUT2D eigenvalue weighted by Gasteiger charge is -2.09. The number of rotatable bonds is 4. The SMILES string of the molecule is C/C(=N\Nc1ccc(C(F)(F)F)cc1[N+](=O)[O-])c1ccc2c(c1)OCO2. The molecule has 1 heterocycles. The smallest absolute Gasteiger partial charge is 0.416 e. The highest BCUT2D eigenvalue weighted by molar-refractivity contribution is 5.99. The van der Waals surface area contributed by atoms with Crippen LogP contribution in [0.25, 0.3) is 0 Å². The first kappa shape index (κ1) is 17.5. The zero-order valence-corrected chi connectivity index (χ0v) is 13.3. The zero-order valence-electron chi connectivity index (χ0n) is 13.3. The van der Waals surface area contributed by atoms with Crippen LogP contribution in [-0.4, -0.2) is 17.4 Å². The number of anilines is 1. The van der Waals surface area contributed by atoms with Gasteiger partial charge in [-0.3, -0.25) is 15.5 Å². The maximum Gasteiger partial charge on any atom is 0.416 e. The van der Waals surface area contributed by atoms with Crippen LogP contribution < -0.4 is 14.9 Å². The minimum Gasteiger partial charge on any atom is -0.454 e. The summed E-state index contributed by atoms with van der Waals surface area (Å²) in [4.78, 5) is 10.2. The van der Waals surface area contributed by atoms with E-state index >= 15 is 0 Å². The van der Waals surface area contributed by atoms with Gasteiger partial charge in [-0.2, -0.15) is 18.3 Å². The van der Waals surface area contributed by atoms with Crippen molar-refractivity contribution in [2.24, 2.45) is 5.10 Å². The number of ether oxygens (including phenoxy) is 2. The highest BCUT2D eigenvalue weighted by Gasteiger charge is 2.33. The minimum atomic E-state index is -4.67. The van der Waals surface area contributed by atoms with E-state index in [1.165, 1.54) is 0 Å². The summed E-state index contributed by atoms with van der Waals surface area (Å²) in [5.41, 5.74) is 1.59. The molecule has 0 spiro atoms. The largest absolute Gasteiger partial charge is 0.454 e. The first-order chi connectivity index (χ1) is 12.3. The molecule has 0 saturated carbocycles. The van der Waals surface area contributed by atoms with Crippen LogP contribution in [0.4, 0.5) is 24.5 Å². The van der Waals surface area contributed by atoms with Gasteiger partial charge >= 0.3 is 6.18 Å². The second-order valence-electron chi connectivity index (χ2n) is 5.36. The number of hydrogen-bond acceptors (Lipinski definition) is 6. The van der Waals surface area contributed by atoms with Gasteiger partial charge in [-0.25, -0.2) is 0 Å². The van der Waals surface area contributed by atoms with E-state index < -0.39 is 22.4 Å². The van der Waals surface area contributed by atoms with E-state index in [0.717, 1.165) is 12.1 Å². The molecular weight excluding hydrogens is 355 g/mol. The number of halogens is 3. The maximum absolute atomic E-state index is 12.7. The molecule has 1 N–H and O–H groups in total. The molecule has 0 unspecified atom stereocenters. The van der Waals surface area contributed by atoms with Crippen LogP contribution in [0.3, 0.4) is 0 Å². The van der Waals surface area contributed by atoms with E-state index in [9.17, 15) is 23.3 Å². The highest BCUT2D eigenvalue weighted by Crippen LogP contribution is 2.35. The Bertz CT molecular complexity index is 897. The average Bonchev–Trinajstić information content (AvgIpc) is 3.06. The van der Waals surface area contributed by atoms with Gasteiger partial charge in [0.05, 0.1) is 16.2 Å². The van der Waals surface area contributed by atoms with E-state index in [1.54, 1.807) is 25.1 Å². The number of hydrogen-bond donors (Lipinski definition) is 1. The van der Waals surface area contributed by atoms with Crippen LogP contribution in [0, 0.1) is 10.1 Å². The Morgan fingerprint density at radius 1 is 1.19 bits per heavy atom. The van der Waals surface area contributed by atoms with E-state index in [-0.39, 0.29) is 12.5 Å². The molecule has 0 fully saturated rings. The summed E-state index contributed by atoms with van der Waals surface area (Å²) in [7, 11) is 0. The lowest BCUT2D eigenvalue weighted by molar-refractivity contribution is -0.384. The molecule has 0 aromatic heterocycles. The monoisotopic (exact) mass is 367 g/mol. The van der Waals surface area contributed by atoms with Crippen molar-refractivity contribution in [3.05, 3.63) is 57.6 Å². The van der Waals surface area contributed by atoms with E-state index in [1.807, 2.05) is 0 Å². The molecule has 0 aliphatic carbocycles. The summed E-state index contributed by atoms with van der Waals surface area (Å²) in [5, 5.41) is 15.1. The Morgan fingerprint density at radius 2 is 1.92 bits per heavy atom.